The summed E-state index contributed by atoms with van der Waals surface area (Å²) < 4.78 is 26.8. The zero-order valence-electron chi connectivity index (χ0n) is 10.7. The number of sulfonamides is 1. The van der Waals surface area contributed by atoms with Crippen molar-refractivity contribution in [1.29, 1.82) is 0 Å². The van der Waals surface area contributed by atoms with Gasteiger partial charge in [0.2, 0.25) is 10.0 Å². The molecule has 100 valence electrons. The SMILES string of the molecule is Cc1ccc(C)c(S(=O)(=O)N2CCCC(Br)C2)c1. The molecule has 18 heavy (non-hydrogen) atoms. The van der Waals surface area contributed by atoms with Gasteiger partial charge in [0.15, 0.2) is 0 Å². The van der Waals surface area contributed by atoms with Crippen molar-refractivity contribution in [2.45, 2.75) is 36.4 Å². The smallest absolute Gasteiger partial charge is 0.207 e. The minimum Gasteiger partial charge on any atom is -0.207 e. The monoisotopic (exact) mass is 331 g/mol. The minimum absolute atomic E-state index is 0.270. The lowest BCUT2D eigenvalue weighted by atomic mass is 10.2. The van der Waals surface area contributed by atoms with E-state index in [1.54, 1.807) is 10.4 Å². The molecular formula is C13H18BrNO2S. The zero-order valence-corrected chi connectivity index (χ0v) is 13.1. The van der Waals surface area contributed by atoms with Gasteiger partial charge in [0.05, 0.1) is 4.90 Å². The average molecular weight is 332 g/mol. The fraction of sp³-hybridized carbons (Fsp3) is 0.538. The van der Waals surface area contributed by atoms with Gasteiger partial charge in [-0.3, -0.25) is 0 Å². The molecule has 1 saturated heterocycles. The molecule has 0 aromatic heterocycles. The van der Waals surface area contributed by atoms with Gasteiger partial charge in [0.25, 0.3) is 0 Å². The van der Waals surface area contributed by atoms with Crippen LogP contribution in [0.2, 0.25) is 0 Å². The summed E-state index contributed by atoms with van der Waals surface area (Å²) in [5, 5.41) is 0. The Kier molecular flexibility index (Phi) is 4.14. The molecule has 1 aliphatic heterocycles. The van der Waals surface area contributed by atoms with E-state index in [-0.39, 0.29) is 4.83 Å². The standard InChI is InChI=1S/C13H18BrNO2S/c1-10-5-6-11(2)13(8-10)18(16,17)15-7-3-4-12(14)9-15/h5-6,8,12H,3-4,7,9H2,1-2H3. The second-order valence-electron chi connectivity index (χ2n) is 4.87. The predicted octanol–water partition coefficient (Wildman–Crippen LogP) is 2.85. The number of aryl methyl sites for hydroxylation is 2. The quantitative estimate of drug-likeness (QED) is 0.781. The number of halogens is 1. The van der Waals surface area contributed by atoms with E-state index in [1.807, 2.05) is 26.0 Å². The third-order valence-electron chi connectivity index (χ3n) is 3.29. The lowest BCUT2D eigenvalue weighted by Gasteiger charge is -2.29. The van der Waals surface area contributed by atoms with Crippen molar-refractivity contribution >= 4 is 26.0 Å². The van der Waals surface area contributed by atoms with E-state index in [4.69, 9.17) is 0 Å². The van der Waals surface area contributed by atoms with Gasteiger partial charge in [-0.25, -0.2) is 8.42 Å². The molecule has 1 aromatic carbocycles. The Morgan fingerprint density at radius 1 is 1.33 bits per heavy atom. The molecule has 0 saturated carbocycles. The average Bonchev–Trinajstić information content (AvgIpc) is 2.32. The van der Waals surface area contributed by atoms with Gasteiger partial charge in [-0.05, 0) is 43.9 Å². The van der Waals surface area contributed by atoms with Gasteiger partial charge in [0, 0.05) is 17.9 Å². The zero-order chi connectivity index (χ0) is 13.3. The van der Waals surface area contributed by atoms with Crippen molar-refractivity contribution in [3.05, 3.63) is 29.3 Å². The highest BCUT2D eigenvalue weighted by atomic mass is 79.9. The van der Waals surface area contributed by atoms with Crippen molar-refractivity contribution in [3.63, 3.8) is 0 Å². The van der Waals surface area contributed by atoms with Crippen molar-refractivity contribution in [2.24, 2.45) is 0 Å². The van der Waals surface area contributed by atoms with Crippen LogP contribution in [0.25, 0.3) is 0 Å². The fourth-order valence-electron chi connectivity index (χ4n) is 2.24. The molecule has 0 radical (unpaired) electrons. The van der Waals surface area contributed by atoms with Crippen LogP contribution < -0.4 is 0 Å². The van der Waals surface area contributed by atoms with Gasteiger partial charge in [-0.1, -0.05) is 28.1 Å². The Labute approximate surface area is 117 Å². The number of hydrogen-bond acceptors (Lipinski definition) is 2. The lowest BCUT2D eigenvalue weighted by molar-refractivity contribution is 0.355. The first-order chi connectivity index (χ1) is 8.41. The molecule has 0 amide bonds. The number of alkyl halides is 1. The van der Waals surface area contributed by atoms with Gasteiger partial charge >= 0.3 is 0 Å². The van der Waals surface area contributed by atoms with Crippen molar-refractivity contribution < 1.29 is 8.42 Å². The maximum absolute atomic E-state index is 12.6. The highest BCUT2D eigenvalue weighted by Gasteiger charge is 2.30. The number of rotatable bonds is 2. The molecule has 1 unspecified atom stereocenters. The number of hydrogen-bond donors (Lipinski definition) is 0. The van der Waals surface area contributed by atoms with Gasteiger partial charge in [0.1, 0.15) is 0 Å². The first-order valence-corrected chi connectivity index (χ1v) is 8.48. The summed E-state index contributed by atoms with van der Waals surface area (Å²) >= 11 is 3.52. The molecule has 2 rings (SSSR count). The molecule has 1 fully saturated rings. The number of benzene rings is 1. The van der Waals surface area contributed by atoms with Crippen LogP contribution in [0.4, 0.5) is 0 Å². The Hall–Kier alpha value is -0.390. The van der Waals surface area contributed by atoms with Crippen molar-refractivity contribution in [2.75, 3.05) is 13.1 Å². The first kappa shape index (κ1) is 14.0. The van der Waals surface area contributed by atoms with E-state index < -0.39 is 10.0 Å². The van der Waals surface area contributed by atoms with E-state index in [9.17, 15) is 8.42 Å². The predicted molar refractivity (Wildman–Crippen MR) is 76.6 cm³/mol. The summed E-state index contributed by atoms with van der Waals surface area (Å²) in [6, 6.07) is 5.58. The Morgan fingerprint density at radius 2 is 2.06 bits per heavy atom. The second kappa shape index (κ2) is 5.31. The Bertz CT molecular complexity index is 542. The molecule has 1 aliphatic rings. The summed E-state index contributed by atoms with van der Waals surface area (Å²) in [6.07, 6.45) is 1.96. The van der Waals surface area contributed by atoms with Crippen molar-refractivity contribution in [1.82, 2.24) is 4.31 Å². The van der Waals surface area contributed by atoms with E-state index in [0.717, 1.165) is 24.0 Å². The third-order valence-corrected chi connectivity index (χ3v) is 6.04. The van der Waals surface area contributed by atoms with E-state index in [1.165, 1.54) is 0 Å². The van der Waals surface area contributed by atoms with Crippen LogP contribution in [-0.2, 0) is 10.0 Å². The van der Waals surface area contributed by atoms with Crippen LogP contribution in [-0.4, -0.2) is 30.6 Å². The summed E-state index contributed by atoms with van der Waals surface area (Å²) in [5.41, 5.74) is 1.80. The lowest BCUT2D eigenvalue weighted by Crippen LogP contribution is -2.40. The summed E-state index contributed by atoms with van der Waals surface area (Å²) in [5.74, 6) is 0. The largest absolute Gasteiger partial charge is 0.243 e. The Morgan fingerprint density at radius 3 is 2.72 bits per heavy atom. The summed E-state index contributed by atoms with van der Waals surface area (Å²) in [6.45, 7) is 4.96. The first-order valence-electron chi connectivity index (χ1n) is 6.13. The normalized spacial score (nSPS) is 22.1. The van der Waals surface area contributed by atoms with Crippen LogP contribution in [0.5, 0.6) is 0 Å². The molecule has 1 aromatic rings. The van der Waals surface area contributed by atoms with Crippen LogP contribution in [0, 0.1) is 13.8 Å². The molecule has 1 heterocycles. The maximum atomic E-state index is 12.6. The molecule has 3 nitrogen and oxygen atoms in total. The van der Waals surface area contributed by atoms with Gasteiger partial charge < -0.3 is 0 Å². The van der Waals surface area contributed by atoms with E-state index in [0.29, 0.717) is 18.0 Å². The summed E-state index contributed by atoms with van der Waals surface area (Å²) in [7, 11) is -3.34. The van der Waals surface area contributed by atoms with E-state index in [2.05, 4.69) is 15.9 Å². The van der Waals surface area contributed by atoms with Gasteiger partial charge in [-0.15, -0.1) is 0 Å². The van der Waals surface area contributed by atoms with Crippen LogP contribution in [0.3, 0.4) is 0 Å². The second-order valence-corrected chi connectivity index (χ2v) is 8.07. The maximum Gasteiger partial charge on any atom is 0.243 e. The molecule has 5 heteroatoms. The number of piperidine rings is 1. The van der Waals surface area contributed by atoms with E-state index >= 15 is 0 Å². The van der Waals surface area contributed by atoms with Gasteiger partial charge in [-0.2, -0.15) is 4.31 Å². The summed E-state index contributed by atoms with van der Waals surface area (Å²) in [4.78, 5) is 0.718. The topological polar surface area (TPSA) is 37.4 Å². The van der Waals surface area contributed by atoms with Crippen LogP contribution in [0.15, 0.2) is 23.1 Å². The van der Waals surface area contributed by atoms with Crippen molar-refractivity contribution in [3.8, 4) is 0 Å². The fourth-order valence-corrected chi connectivity index (χ4v) is 4.93. The highest BCUT2D eigenvalue weighted by Crippen LogP contribution is 2.26. The Balaban J connectivity index is 2.38. The molecule has 0 aliphatic carbocycles. The highest BCUT2D eigenvalue weighted by molar-refractivity contribution is 9.09. The molecule has 1 atom stereocenters. The van der Waals surface area contributed by atoms with Crippen LogP contribution >= 0.6 is 15.9 Å². The minimum atomic E-state index is -3.34. The molecule has 0 spiro atoms. The van der Waals surface area contributed by atoms with Crippen LogP contribution in [0.1, 0.15) is 24.0 Å². The number of nitrogens with zero attached hydrogens (tertiary/aromatic N) is 1. The third kappa shape index (κ3) is 2.78. The molecule has 0 bridgehead atoms. The molecule has 0 N–H and O–H groups in total. The molecular weight excluding hydrogens is 314 g/mol.